The summed E-state index contributed by atoms with van der Waals surface area (Å²) in [5.74, 6) is 0.936. The number of aryl methyl sites for hydroxylation is 1. The van der Waals surface area contributed by atoms with Crippen molar-refractivity contribution in [2.75, 3.05) is 13.2 Å². The zero-order chi connectivity index (χ0) is 14.0. The summed E-state index contributed by atoms with van der Waals surface area (Å²) in [4.78, 5) is 0. The van der Waals surface area contributed by atoms with Crippen LogP contribution in [0.4, 0.5) is 0 Å². The van der Waals surface area contributed by atoms with Crippen molar-refractivity contribution in [2.45, 2.75) is 25.8 Å². The molecule has 0 spiro atoms. The summed E-state index contributed by atoms with van der Waals surface area (Å²) in [5.41, 5.74) is 1.40. The zero-order valence-electron chi connectivity index (χ0n) is 12.1. The van der Waals surface area contributed by atoms with E-state index in [1.54, 1.807) is 0 Å². The van der Waals surface area contributed by atoms with Gasteiger partial charge < -0.3 is 10.1 Å². The van der Waals surface area contributed by atoms with Gasteiger partial charge in [-0.05, 0) is 37.5 Å². The number of nitrogens with one attached hydrogen (secondary N) is 1. The van der Waals surface area contributed by atoms with Crippen LogP contribution in [0.3, 0.4) is 0 Å². The normalized spacial score (nSPS) is 12.1. The minimum Gasteiger partial charge on any atom is -0.492 e. The Kier molecular flexibility index (Phi) is 6.12. The number of hydrogen-bond donors (Lipinski definition) is 1. The second kappa shape index (κ2) is 8.39. The van der Waals surface area contributed by atoms with Gasteiger partial charge in [0.1, 0.15) is 12.4 Å². The molecule has 0 amide bonds. The van der Waals surface area contributed by atoms with Crippen LogP contribution in [0.1, 0.15) is 18.9 Å². The summed E-state index contributed by atoms with van der Waals surface area (Å²) < 4.78 is 5.66. The Morgan fingerprint density at radius 1 is 0.950 bits per heavy atom. The van der Waals surface area contributed by atoms with Crippen LogP contribution < -0.4 is 10.1 Å². The minimum absolute atomic E-state index is 0.509. The van der Waals surface area contributed by atoms with Crippen molar-refractivity contribution in [3.63, 3.8) is 0 Å². The molecule has 2 heteroatoms. The first-order chi connectivity index (χ1) is 9.84. The lowest BCUT2D eigenvalue weighted by atomic mass is 10.1. The van der Waals surface area contributed by atoms with E-state index in [1.165, 1.54) is 5.56 Å². The van der Waals surface area contributed by atoms with Crippen molar-refractivity contribution in [1.29, 1.82) is 0 Å². The van der Waals surface area contributed by atoms with Crippen molar-refractivity contribution < 1.29 is 4.74 Å². The number of rotatable bonds is 8. The Bertz CT molecular complexity index is 469. The Balaban J connectivity index is 1.57. The van der Waals surface area contributed by atoms with Crippen molar-refractivity contribution in [3.05, 3.63) is 66.2 Å². The molecule has 1 atom stereocenters. The number of ether oxygens (including phenoxy) is 1. The lowest BCUT2D eigenvalue weighted by Crippen LogP contribution is -2.30. The zero-order valence-corrected chi connectivity index (χ0v) is 12.1. The van der Waals surface area contributed by atoms with Gasteiger partial charge in [0.2, 0.25) is 0 Å². The highest BCUT2D eigenvalue weighted by atomic mass is 16.5. The van der Waals surface area contributed by atoms with Gasteiger partial charge in [-0.25, -0.2) is 0 Å². The smallest absolute Gasteiger partial charge is 0.119 e. The van der Waals surface area contributed by atoms with Crippen LogP contribution >= 0.6 is 0 Å². The maximum absolute atomic E-state index is 5.66. The van der Waals surface area contributed by atoms with E-state index in [0.717, 1.165) is 25.1 Å². The van der Waals surface area contributed by atoms with E-state index in [9.17, 15) is 0 Å². The third-order valence-electron chi connectivity index (χ3n) is 3.32. The molecule has 0 aliphatic rings. The van der Waals surface area contributed by atoms with E-state index in [2.05, 4.69) is 42.6 Å². The monoisotopic (exact) mass is 269 g/mol. The van der Waals surface area contributed by atoms with Gasteiger partial charge in [-0.15, -0.1) is 0 Å². The molecule has 0 aromatic heterocycles. The van der Waals surface area contributed by atoms with Gasteiger partial charge in [0.15, 0.2) is 0 Å². The fourth-order valence-electron chi connectivity index (χ4n) is 2.12. The predicted octanol–water partition coefficient (Wildman–Crippen LogP) is 3.68. The molecule has 0 heterocycles. The lowest BCUT2D eigenvalue weighted by molar-refractivity contribution is 0.305. The molecule has 0 aliphatic carbocycles. The van der Waals surface area contributed by atoms with E-state index in [0.29, 0.717) is 12.6 Å². The van der Waals surface area contributed by atoms with Crippen molar-refractivity contribution in [3.8, 4) is 5.75 Å². The standard InChI is InChI=1S/C18H23NO/c1-16(12-13-17-8-4-2-5-9-17)19-14-15-20-18-10-6-3-7-11-18/h2-11,16,19H,12-15H2,1H3. The Labute approximate surface area is 121 Å². The first-order valence-corrected chi connectivity index (χ1v) is 7.30. The summed E-state index contributed by atoms with van der Waals surface area (Å²) in [6.45, 7) is 3.82. The molecule has 2 nitrogen and oxygen atoms in total. The third kappa shape index (κ3) is 5.45. The molecule has 2 aromatic carbocycles. The fraction of sp³-hybridized carbons (Fsp3) is 0.333. The second-order valence-electron chi connectivity index (χ2n) is 5.04. The number of benzene rings is 2. The number of para-hydroxylation sites is 1. The van der Waals surface area contributed by atoms with Gasteiger partial charge in [-0.1, -0.05) is 48.5 Å². The summed E-state index contributed by atoms with van der Waals surface area (Å²) in [7, 11) is 0. The van der Waals surface area contributed by atoms with Gasteiger partial charge in [0.05, 0.1) is 0 Å². The van der Waals surface area contributed by atoms with E-state index in [-0.39, 0.29) is 0 Å². The Morgan fingerprint density at radius 3 is 2.30 bits per heavy atom. The number of hydrogen-bond acceptors (Lipinski definition) is 2. The molecule has 0 bridgehead atoms. The summed E-state index contributed by atoms with van der Waals surface area (Å²) in [5, 5.41) is 3.50. The quantitative estimate of drug-likeness (QED) is 0.738. The van der Waals surface area contributed by atoms with Gasteiger partial charge in [-0.3, -0.25) is 0 Å². The van der Waals surface area contributed by atoms with Crippen molar-refractivity contribution in [1.82, 2.24) is 5.32 Å². The highest BCUT2D eigenvalue weighted by Gasteiger charge is 2.01. The molecule has 0 radical (unpaired) electrons. The molecule has 1 N–H and O–H groups in total. The predicted molar refractivity (Wildman–Crippen MR) is 84.2 cm³/mol. The van der Waals surface area contributed by atoms with E-state index >= 15 is 0 Å². The van der Waals surface area contributed by atoms with Crippen LogP contribution in [0.15, 0.2) is 60.7 Å². The summed E-state index contributed by atoms with van der Waals surface area (Å²) in [6, 6.07) is 21.1. The molecule has 0 fully saturated rings. The highest BCUT2D eigenvalue weighted by Crippen LogP contribution is 2.08. The van der Waals surface area contributed by atoms with Crippen LogP contribution in [-0.4, -0.2) is 19.2 Å². The highest BCUT2D eigenvalue weighted by molar-refractivity contribution is 5.20. The maximum atomic E-state index is 5.66. The molecule has 20 heavy (non-hydrogen) atoms. The van der Waals surface area contributed by atoms with Crippen LogP contribution in [-0.2, 0) is 6.42 Å². The van der Waals surface area contributed by atoms with Crippen molar-refractivity contribution in [2.24, 2.45) is 0 Å². The fourth-order valence-corrected chi connectivity index (χ4v) is 2.12. The minimum atomic E-state index is 0.509. The van der Waals surface area contributed by atoms with Crippen molar-refractivity contribution >= 4 is 0 Å². The lowest BCUT2D eigenvalue weighted by Gasteiger charge is -2.14. The van der Waals surface area contributed by atoms with E-state index in [4.69, 9.17) is 4.74 Å². The van der Waals surface area contributed by atoms with Gasteiger partial charge in [0.25, 0.3) is 0 Å². The van der Waals surface area contributed by atoms with E-state index < -0.39 is 0 Å². The molecule has 2 rings (SSSR count). The molecule has 106 valence electrons. The molecule has 0 saturated carbocycles. The van der Waals surface area contributed by atoms with Gasteiger partial charge in [-0.2, -0.15) is 0 Å². The first kappa shape index (κ1) is 14.6. The molecule has 2 aromatic rings. The molecule has 1 unspecified atom stereocenters. The largest absolute Gasteiger partial charge is 0.492 e. The first-order valence-electron chi connectivity index (χ1n) is 7.30. The maximum Gasteiger partial charge on any atom is 0.119 e. The average molecular weight is 269 g/mol. The molecule has 0 aliphatic heterocycles. The SMILES string of the molecule is CC(CCc1ccccc1)NCCOc1ccccc1. The molecular weight excluding hydrogens is 246 g/mol. The summed E-state index contributed by atoms with van der Waals surface area (Å²) in [6.07, 6.45) is 2.27. The molecule has 0 saturated heterocycles. The van der Waals surface area contributed by atoms with Gasteiger partial charge in [0, 0.05) is 12.6 Å². The molecular formula is C18H23NO. The van der Waals surface area contributed by atoms with Crippen LogP contribution in [0.5, 0.6) is 5.75 Å². The second-order valence-corrected chi connectivity index (χ2v) is 5.04. The van der Waals surface area contributed by atoms with Gasteiger partial charge >= 0.3 is 0 Å². The Hall–Kier alpha value is -1.80. The van der Waals surface area contributed by atoms with Crippen LogP contribution in [0.2, 0.25) is 0 Å². The Morgan fingerprint density at radius 2 is 1.60 bits per heavy atom. The average Bonchev–Trinajstić information content (AvgIpc) is 2.52. The summed E-state index contributed by atoms with van der Waals surface area (Å²) >= 11 is 0. The van der Waals surface area contributed by atoms with E-state index in [1.807, 2.05) is 30.3 Å². The van der Waals surface area contributed by atoms with Crippen LogP contribution in [0, 0.1) is 0 Å². The van der Waals surface area contributed by atoms with Crippen LogP contribution in [0.25, 0.3) is 0 Å². The third-order valence-corrected chi connectivity index (χ3v) is 3.32. The topological polar surface area (TPSA) is 21.3 Å².